The normalized spacial score (nSPS) is 24.4. The summed E-state index contributed by atoms with van der Waals surface area (Å²) >= 11 is 0. The van der Waals surface area contributed by atoms with Gasteiger partial charge in [-0.1, -0.05) is 55.4 Å². The van der Waals surface area contributed by atoms with E-state index in [1.807, 2.05) is 14.1 Å². The van der Waals surface area contributed by atoms with Gasteiger partial charge in [0.15, 0.2) is 23.1 Å². The summed E-state index contributed by atoms with van der Waals surface area (Å²) in [7, 11) is 3.98. The summed E-state index contributed by atoms with van der Waals surface area (Å²) in [5.74, 6) is 0.240. The number of Topliss-reactive ketones (excluding diaryl/α,β-unsaturated/α-hetero) is 4. The molecular formula is C46H68N2O10. The molecule has 0 spiro atoms. The zero-order valence-corrected chi connectivity index (χ0v) is 36.9. The van der Waals surface area contributed by atoms with Gasteiger partial charge in [0.1, 0.15) is 12.2 Å². The van der Waals surface area contributed by atoms with Crippen molar-refractivity contribution >= 4 is 23.1 Å². The molecule has 0 bridgehead atoms. The van der Waals surface area contributed by atoms with Crippen LogP contribution in [0.25, 0.3) is 0 Å². The highest BCUT2D eigenvalue weighted by molar-refractivity contribution is 6.07. The summed E-state index contributed by atoms with van der Waals surface area (Å²) in [4.78, 5) is 58.1. The number of allylic oxidation sites excluding steroid dienone is 4. The van der Waals surface area contributed by atoms with Gasteiger partial charge in [0, 0.05) is 84.9 Å². The second-order valence-corrected chi connectivity index (χ2v) is 20.3. The van der Waals surface area contributed by atoms with Crippen molar-refractivity contribution in [3.63, 3.8) is 0 Å². The van der Waals surface area contributed by atoms with E-state index in [4.69, 9.17) is 28.4 Å². The van der Waals surface area contributed by atoms with Gasteiger partial charge in [-0.15, -0.1) is 0 Å². The minimum Gasteiger partial charge on any atom is -0.377 e. The lowest BCUT2D eigenvalue weighted by Crippen LogP contribution is -2.46. The summed E-state index contributed by atoms with van der Waals surface area (Å²) in [6.07, 6.45) is 3.49. The van der Waals surface area contributed by atoms with Gasteiger partial charge in [-0.2, -0.15) is 0 Å². The van der Waals surface area contributed by atoms with Gasteiger partial charge in [0.25, 0.3) is 0 Å². The summed E-state index contributed by atoms with van der Waals surface area (Å²) in [6.45, 7) is 20.5. The van der Waals surface area contributed by atoms with Crippen molar-refractivity contribution in [2.75, 3.05) is 80.2 Å². The number of nitrogens with zero attached hydrogens (tertiary/aromatic N) is 2. The fourth-order valence-corrected chi connectivity index (χ4v) is 9.75. The van der Waals surface area contributed by atoms with E-state index in [9.17, 15) is 19.2 Å². The molecule has 0 radical (unpaired) electrons. The predicted molar refractivity (Wildman–Crippen MR) is 218 cm³/mol. The van der Waals surface area contributed by atoms with Gasteiger partial charge < -0.3 is 38.2 Å². The third-order valence-corrected chi connectivity index (χ3v) is 12.4. The van der Waals surface area contributed by atoms with Crippen LogP contribution in [0.3, 0.4) is 0 Å². The molecule has 12 heteroatoms. The molecule has 0 saturated heterocycles. The topological polar surface area (TPSA) is 130 Å². The largest absolute Gasteiger partial charge is 0.377 e. The highest BCUT2D eigenvalue weighted by Gasteiger charge is 2.50. The van der Waals surface area contributed by atoms with Crippen LogP contribution in [0, 0.1) is 21.7 Å². The van der Waals surface area contributed by atoms with Gasteiger partial charge in [0.2, 0.25) is 0 Å². The maximum Gasteiger partial charge on any atom is 0.164 e. The number of carbonyl (C=O) groups is 4. The van der Waals surface area contributed by atoms with Crippen molar-refractivity contribution < 1.29 is 47.6 Å². The molecule has 0 aromatic heterocycles. The van der Waals surface area contributed by atoms with Crippen molar-refractivity contribution in [1.29, 1.82) is 0 Å². The number of hydrogen-bond acceptors (Lipinski definition) is 12. The van der Waals surface area contributed by atoms with Crippen LogP contribution in [0.5, 0.6) is 0 Å². The first-order chi connectivity index (χ1) is 27.2. The Morgan fingerprint density at radius 3 is 0.810 bits per heavy atom. The van der Waals surface area contributed by atoms with Crippen molar-refractivity contribution in [3.05, 3.63) is 45.1 Å². The Bertz CT molecular complexity index is 1540. The van der Waals surface area contributed by atoms with E-state index in [1.165, 1.54) is 0 Å². The Kier molecular flexibility index (Phi) is 13.5. The molecule has 0 aromatic carbocycles. The summed E-state index contributed by atoms with van der Waals surface area (Å²) in [5, 5.41) is 0. The molecule has 0 N–H and O–H groups in total. The first-order valence-electron chi connectivity index (χ1n) is 21.3. The molecule has 0 aromatic rings. The highest BCUT2D eigenvalue weighted by atomic mass is 16.6. The van der Waals surface area contributed by atoms with Gasteiger partial charge in [0.05, 0.1) is 66.1 Å². The molecule has 0 saturated carbocycles. The van der Waals surface area contributed by atoms with Crippen molar-refractivity contribution in [2.45, 2.75) is 119 Å². The van der Waals surface area contributed by atoms with Crippen LogP contribution in [0.1, 0.15) is 107 Å². The number of ether oxygens (including phenoxy) is 6. The SMILES string of the molecule is CN1C2=C(C(=O)CC(C)(C)C2)C(OCCOCCOCCOCCOCCOC2C3=C(CC(C)(C)CC3=O)N(C)C3=C2C(=O)CC(C)(C)C3)C2=C1CC(C)(C)CC2=O. The fraction of sp³-hybridized carbons (Fsp3) is 0.739. The predicted octanol–water partition coefficient (Wildman–Crippen LogP) is 6.29. The second-order valence-electron chi connectivity index (χ2n) is 20.3. The molecule has 4 aliphatic carbocycles. The van der Waals surface area contributed by atoms with Crippen LogP contribution in [0.2, 0.25) is 0 Å². The maximum absolute atomic E-state index is 13.5. The number of hydrogen-bond donors (Lipinski definition) is 0. The number of carbonyl (C=O) groups excluding carboxylic acids is 4. The van der Waals surface area contributed by atoms with Crippen LogP contribution in [0.15, 0.2) is 45.1 Å². The first kappa shape index (κ1) is 44.5. The second kappa shape index (κ2) is 17.5. The Hall–Kier alpha value is -3.00. The molecule has 58 heavy (non-hydrogen) atoms. The van der Waals surface area contributed by atoms with Crippen molar-refractivity contribution in [1.82, 2.24) is 9.80 Å². The minimum absolute atomic E-state index is 0.0599. The summed E-state index contributed by atoms with van der Waals surface area (Å²) < 4.78 is 35.6. The number of ketones is 4. The number of rotatable bonds is 17. The van der Waals surface area contributed by atoms with Gasteiger partial charge in [-0.3, -0.25) is 19.2 Å². The lowest BCUT2D eigenvalue weighted by molar-refractivity contribution is -0.124. The van der Waals surface area contributed by atoms with E-state index in [1.54, 1.807) is 0 Å². The zero-order valence-electron chi connectivity index (χ0n) is 36.9. The van der Waals surface area contributed by atoms with Gasteiger partial charge in [-0.25, -0.2) is 0 Å². The first-order valence-corrected chi connectivity index (χ1v) is 21.3. The zero-order chi connectivity index (χ0) is 42.2. The average molecular weight is 809 g/mol. The minimum atomic E-state index is -0.650. The molecule has 322 valence electrons. The van der Waals surface area contributed by atoms with Gasteiger partial charge >= 0.3 is 0 Å². The smallest absolute Gasteiger partial charge is 0.164 e. The van der Waals surface area contributed by atoms with Crippen LogP contribution >= 0.6 is 0 Å². The molecule has 2 heterocycles. The van der Waals surface area contributed by atoms with Crippen molar-refractivity contribution in [2.24, 2.45) is 21.7 Å². The molecule has 0 fully saturated rings. The Labute approximate surface area is 345 Å². The fourth-order valence-electron chi connectivity index (χ4n) is 9.75. The Morgan fingerprint density at radius 2 is 0.586 bits per heavy atom. The van der Waals surface area contributed by atoms with Crippen LogP contribution in [0.4, 0.5) is 0 Å². The lowest BCUT2D eigenvalue weighted by atomic mass is 9.67. The van der Waals surface area contributed by atoms with E-state index in [-0.39, 0.29) is 58.0 Å². The standard InChI is InChI=1S/C46H68N2O10/c1-43(2)21-29-37(33(49)25-43)41(38-30(47(29)9)22-44(3,4)26-34(38)50)57-19-17-55-15-13-53-11-12-54-14-16-56-18-20-58-42-39-31(23-45(5,6)27-35(39)51)48(10)32-24-46(7,8)28-36(52)40(32)42/h41-42H,11-28H2,1-10H3. The average Bonchev–Trinajstić information content (AvgIpc) is 3.09. The summed E-state index contributed by atoms with van der Waals surface area (Å²) in [6, 6.07) is 0. The third kappa shape index (κ3) is 9.95. The highest BCUT2D eigenvalue weighted by Crippen LogP contribution is 2.51. The molecule has 6 rings (SSSR count). The molecule has 2 aliphatic heterocycles. The van der Waals surface area contributed by atoms with E-state index in [0.29, 0.717) is 101 Å². The van der Waals surface area contributed by atoms with Crippen LogP contribution in [-0.2, 0) is 47.6 Å². The van der Waals surface area contributed by atoms with Crippen molar-refractivity contribution in [3.8, 4) is 0 Å². The molecule has 0 unspecified atom stereocenters. The van der Waals surface area contributed by atoms with E-state index in [0.717, 1.165) is 48.5 Å². The Morgan fingerprint density at radius 1 is 0.379 bits per heavy atom. The lowest BCUT2D eigenvalue weighted by Gasteiger charge is -2.47. The van der Waals surface area contributed by atoms with E-state index >= 15 is 0 Å². The molecule has 0 atom stereocenters. The molecular weight excluding hydrogens is 741 g/mol. The molecule has 0 amide bonds. The maximum atomic E-state index is 13.5. The monoisotopic (exact) mass is 808 g/mol. The molecule has 12 nitrogen and oxygen atoms in total. The molecule has 6 aliphatic rings. The van der Waals surface area contributed by atoms with E-state index in [2.05, 4.69) is 65.2 Å². The quantitative estimate of drug-likeness (QED) is 0.153. The van der Waals surface area contributed by atoms with Gasteiger partial charge in [-0.05, 0) is 47.3 Å². The third-order valence-electron chi connectivity index (χ3n) is 12.4. The van der Waals surface area contributed by atoms with Crippen LogP contribution in [-0.4, -0.2) is 125 Å². The summed E-state index contributed by atoms with van der Waals surface area (Å²) in [5.41, 5.74) is 5.88. The van der Waals surface area contributed by atoms with Crippen LogP contribution < -0.4 is 0 Å². The van der Waals surface area contributed by atoms with E-state index < -0.39 is 12.2 Å². The Balaban J connectivity index is 0.865.